The maximum absolute atomic E-state index is 12.8. The van der Waals surface area contributed by atoms with E-state index in [1.54, 1.807) is 0 Å². The predicted octanol–water partition coefficient (Wildman–Crippen LogP) is 7.70. The molecule has 1 N–H and O–H groups in total. The third-order valence-corrected chi connectivity index (χ3v) is 6.21. The molecule has 1 heterocycles. The molecule has 0 unspecified atom stereocenters. The first-order chi connectivity index (χ1) is 16.8. The van der Waals surface area contributed by atoms with Gasteiger partial charge in [-0.05, 0) is 54.1 Å². The van der Waals surface area contributed by atoms with E-state index in [0.29, 0.717) is 5.56 Å². The molecule has 0 radical (unpaired) electrons. The smallest absolute Gasteiger partial charge is 0.255 e. The molecule has 0 aliphatic rings. The van der Waals surface area contributed by atoms with Gasteiger partial charge in [0.05, 0.1) is 11.0 Å². The average Bonchev–Trinajstić information content (AvgIpc) is 3.24. The van der Waals surface area contributed by atoms with Crippen LogP contribution < -0.4 is 5.32 Å². The number of nitrogens with one attached hydrogen (secondary N) is 1. The lowest BCUT2D eigenvalue weighted by molar-refractivity contribution is 0.102. The Morgan fingerprint density at radius 2 is 1.24 bits per heavy atom. The fraction of sp³-hybridized carbons (Fsp3) is 0. The first-order valence-electron chi connectivity index (χ1n) is 11.3. The van der Waals surface area contributed by atoms with Gasteiger partial charge in [-0.2, -0.15) is 0 Å². The summed E-state index contributed by atoms with van der Waals surface area (Å²) in [7, 11) is 0. The number of hydrogen-bond acceptors (Lipinski definition) is 1. The lowest BCUT2D eigenvalue weighted by Gasteiger charge is -2.12. The van der Waals surface area contributed by atoms with Crippen LogP contribution in [0.4, 0.5) is 5.69 Å². The van der Waals surface area contributed by atoms with Gasteiger partial charge in [0.15, 0.2) is 0 Å². The zero-order valence-corrected chi connectivity index (χ0v) is 18.5. The third kappa shape index (κ3) is 3.44. The number of nitrogens with zero attached hydrogens (tertiary/aromatic N) is 1. The summed E-state index contributed by atoms with van der Waals surface area (Å²) in [6.45, 7) is 0. The van der Waals surface area contributed by atoms with E-state index in [4.69, 9.17) is 0 Å². The topological polar surface area (TPSA) is 34.0 Å². The Hall–Kier alpha value is -4.63. The highest BCUT2D eigenvalue weighted by molar-refractivity contribution is 6.11. The van der Waals surface area contributed by atoms with Crippen molar-refractivity contribution in [2.45, 2.75) is 0 Å². The molecule has 162 valence electrons. The number of para-hydroxylation sites is 3. The van der Waals surface area contributed by atoms with Crippen molar-refractivity contribution < 1.29 is 4.79 Å². The summed E-state index contributed by atoms with van der Waals surface area (Å²) in [5, 5.41) is 5.48. The van der Waals surface area contributed by atoms with Gasteiger partial charge in [0, 0.05) is 33.3 Å². The van der Waals surface area contributed by atoms with Crippen molar-refractivity contribution in [1.29, 1.82) is 0 Å². The van der Waals surface area contributed by atoms with E-state index in [-0.39, 0.29) is 5.91 Å². The Balaban J connectivity index is 1.49. The van der Waals surface area contributed by atoms with E-state index in [0.717, 1.165) is 28.0 Å². The largest absolute Gasteiger partial charge is 0.321 e. The molecule has 5 aromatic carbocycles. The van der Waals surface area contributed by atoms with E-state index in [1.165, 1.54) is 16.3 Å². The van der Waals surface area contributed by atoms with Crippen LogP contribution in [0.15, 0.2) is 127 Å². The molecular formula is C31H22N2O. The van der Waals surface area contributed by atoms with Gasteiger partial charge >= 0.3 is 0 Å². The van der Waals surface area contributed by atoms with E-state index in [2.05, 4.69) is 82.7 Å². The van der Waals surface area contributed by atoms with Gasteiger partial charge in [-0.25, -0.2) is 0 Å². The Kier molecular flexibility index (Phi) is 4.93. The van der Waals surface area contributed by atoms with Crippen LogP contribution in [0.5, 0.6) is 0 Å². The van der Waals surface area contributed by atoms with Crippen molar-refractivity contribution in [3.8, 4) is 16.8 Å². The van der Waals surface area contributed by atoms with Crippen molar-refractivity contribution in [1.82, 2.24) is 4.57 Å². The molecule has 0 atom stereocenters. The number of rotatable bonds is 4. The lowest BCUT2D eigenvalue weighted by atomic mass is 10.0. The number of amides is 1. The van der Waals surface area contributed by atoms with Gasteiger partial charge in [0.2, 0.25) is 0 Å². The number of benzene rings is 5. The first kappa shape index (κ1) is 20.0. The maximum atomic E-state index is 12.8. The molecular weight excluding hydrogens is 416 g/mol. The first-order valence-corrected chi connectivity index (χ1v) is 11.3. The zero-order chi connectivity index (χ0) is 22.9. The molecule has 34 heavy (non-hydrogen) atoms. The van der Waals surface area contributed by atoms with Gasteiger partial charge in [-0.1, -0.05) is 78.9 Å². The number of fused-ring (bicyclic) bond motifs is 3. The second-order valence-corrected chi connectivity index (χ2v) is 8.29. The van der Waals surface area contributed by atoms with Gasteiger partial charge in [-0.15, -0.1) is 0 Å². The molecule has 0 aliphatic carbocycles. The summed E-state index contributed by atoms with van der Waals surface area (Å²) in [5.74, 6) is -0.116. The van der Waals surface area contributed by atoms with Crippen LogP contribution in [0.1, 0.15) is 10.4 Å². The lowest BCUT2D eigenvalue weighted by Crippen LogP contribution is -2.12. The van der Waals surface area contributed by atoms with Crippen LogP contribution in [-0.2, 0) is 0 Å². The van der Waals surface area contributed by atoms with Crippen LogP contribution in [0.2, 0.25) is 0 Å². The highest BCUT2D eigenvalue weighted by Crippen LogP contribution is 2.36. The number of anilines is 1. The van der Waals surface area contributed by atoms with E-state index >= 15 is 0 Å². The van der Waals surface area contributed by atoms with Crippen LogP contribution >= 0.6 is 0 Å². The summed E-state index contributed by atoms with van der Waals surface area (Å²) >= 11 is 0. The SMILES string of the molecule is O=C(Nc1ccccc1-c1ccc2c(c1)c1ccccc1n2-c1ccccc1)c1ccccc1. The fourth-order valence-corrected chi connectivity index (χ4v) is 4.62. The molecule has 6 rings (SSSR count). The second kappa shape index (κ2) is 8.38. The highest BCUT2D eigenvalue weighted by atomic mass is 16.1. The van der Waals surface area contributed by atoms with Crippen molar-refractivity contribution in [3.63, 3.8) is 0 Å². The molecule has 0 bridgehead atoms. The molecule has 1 aromatic heterocycles. The van der Waals surface area contributed by atoms with Crippen molar-refractivity contribution in [2.24, 2.45) is 0 Å². The molecule has 0 fully saturated rings. The Bertz CT molecular complexity index is 1630. The van der Waals surface area contributed by atoms with Crippen LogP contribution in [0.3, 0.4) is 0 Å². The van der Waals surface area contributed by atoms with Crippen LogP contribution in [0.25, 0.3) is 38.6 Å². The minimum Gasteiger partial charge on any atom is -0.321 e. The van der Waals surface area contributed by atoms with Crippen LogP contribution in [0, 0.1) is 0 Å². The zero-order valence-electron chi connectivity index (χ0n) is 18.5. The number of carbonyl (C=O) groups excluding carboxylic acids is 1. The van der Waals surface area contributed by atoms with Gasteiger partial charge in [-0.3, -0.25) is 4.79 Å². The minimum absolute atomic E-state index is 0.116. The van der Waals surface area contributed by atoms with Gasteiger partial charge in [0.1, 0.15) is 0 Å². The fourth-order valence-electron chi connectivity index (χ4n) is 4.62. The second-order valence-electron chi connectivity index (χ2n) is 8.29. The van der Waals surface area contributed by atoms with Crippen molar-refractivity contribution in [3.05, 3.63) is 133 Å². The molecule has 0 saturated carbocycles. The summed E-state index contributed by atoms with van der Waals surface area (Å²) in [6.07, 6.45) is 0. The maximum Gasteiger partial charge on any atom is 0.255 e. The summed E-state index contributed by atoms with van der Waals surface area (Å²) in [4.78, 5) is 12.8. The highest BCUT2D eigenvalue weighted by Gasteiger charge is 2.15. The molecule has 0 aliphatic heterocycles. The van der Waals surface area contributed by atoms with Crippen molar-refractivity contribution in [2.75, 3.05) is 5.32 Å². The average molecular weight is 439 g/mol. The molecule has 1 amide bonds. The van der Waals surface area contributed by atoms with E-state index in [1.807, 2.05) is 54.6 Å². The molecule has 0 spiro atoms. The summed E-state index contributed by atoms with van der Waals surface area (Å²) in [5.41, 5.74) is 6.95. The minimum atomic E-state index is -0.116. The monoisotopic (exact) mass is 438 g/mol. The van der Waals surface area contributed by atoms with E-state index < -0.39 is 0 Å². The Morgan fingerprint density at radius 3 is 2.06 bits per heavy atom. The standard InChI is InChI=1S/C31H22N2O/c34-31(22-11-3-1-4-12-22)32-28-17-9-7-15-25(28)23-19-20-30-27(21-23)26-16-8-10-18-29(26)33(30)24-13-5-2-6-14-24/h1-21H,(H,32,34). The molecule has 6 aromatic rings. The molecule has 0 saturated heterocycles. The molecule has 3 heteroatoms. The van der Waals surface area contributed by atoms with Gasteiger partial charge in [0.25, 0.3) is 5.91 Å². The summed E-state index contributed by atoms with van der Waals surface area (Å²) < 4.78 is 2.30. The predicted molar refractivity (Wildman–Crippen MR) is 141 cm³/mol. The number of hydrogen-bond donors (Lipinski definition) is 1. The number of carbonyl (C=O) groups is 1. The Morgan fingerprint density at radius 1 is 0.588 bits per heavy atom. The quantitative estimate of drug-likeness (QED) is 0.301. The Labute approximate surface area is 197 Å². The number of aromatic nitrogens is 1. The third-order valence-electron chi connectivity index (χ3n) is 6.21. The summed E-state index contributed by atoms with van der Waals surface area (Å²) in [6, 6.07) is 42.7. The van der Waals surface area contributed by atoms with Crippen molar-refractivity contribution >= 4 is 33.4 Å². The normalized spacial score (nSPS) is 11.1. The molecule has 3 nitrogen and oxygen atoms in total. The van der Waals surface area contributed by atoms with Gasteiger partial charge < -0.3 is 9.88 Å². The van der Waals surface area contributed by atoms with E-state index in [9.17, 15) is 4.79 Å². The van der Waals surface area contributed by atoms with Crippen LogP contribution in [-0.4, -0.2) is 10.5 Å².